The maximum absolute atomic E-state index is 5.41. The number of thiazole rings is 1. The summed E-state index contributed by atoms with van der Waals surface area (Å²) in [7, 11) is 1.77. The first-order valence-electron chi connectivity index (χ1n) is 8.21. The van der Waals surface area contributed by atoms with Gasteiger partial charge in [0.25, 0.3) is 0 Å². The van der Waals surface area contributed by atoms with E-state index in [1.54, 1.807) is 24.6 Å². The maximum Gasteiger partial charge on any atom is 0.213 e. The highest BCUT2D eigenvalue weighted by Gasteiger charge is 2.03. The minimum atomic E-state index is 0.615. The van der Waals surface area contributed by atoms with E-state index < -0.39 is 0 Å². The van der Waals surface area contributed by atoms with Gasteiger partial charge in [0.15, 0.2) is 5.96 Å². The van der Waals surface area contributed by atoms with Crippen molar-refractivity contribution in [3.63, 3.8) is 0 Å². The van der Waals surface area contributed by atoms with Crippen molar-refractivity contribution >= 4 is 17.3 Å². The summed E-state index contributed by atoms with van der Waals surface area (Å²) in [5.74, 6) is 1.42. The molecule has 0 radical (unpaired) electrons. The summed E-state index contributed by atoms with van der Waals surface area (Å²) in [6, 6.07) is 3.90. The summed E-state index contributed by atoms with van der Waals surface area (Å²) >= 11 is 1.78. The predicted molar refractivity (Wildman–Crippen MR) is 98.8 cm³/mol. The monoisotopic (exact) mass is 347 g/mol. The van der Waals surface area contributed by atoms with Crippen molar-refractivity contribution in [1.29, 1.82) is 0 Å². The third-order valence-electron chi connectivity index (χ3n) is 3.36. The fourth-order valence-electron chi connectivity index (χ4n) is 2.11. The molecule has 2 heterocycles. The van der Waals surface area contributed by atoms with Crippen molar-refractivity contribution in [2.45, 2.75) is 33.2 Å². The Bertz CT molecular complexity index is 656. The van der Waals surface area contributed by atoms with Crippen LogP contribution in [-0.2, 0) is 19.4 Å². The lowest BCUT2D eigenvalue weighted by Gasteiger charge is -2.12. The number of guanidine groups is 1. The minimum absolute atomic E-state index is 0.615. The van der Waals surface area contributed by atoms with Crippen LogP contribution >= 0.6 is 11.3 Å². The second-order valence-electron chi connectivity index (χ2n) is 5.11. The third kappa shape index (κ3) is 5.81. The summed E-state index contributed by atoms with van der Waals surface area (Å²) in [5, 5.41) is 7.77. The van der Waals surface area contributed by atoms with Crippen LogP contribution in [0.2, 0.25) is 0 Å². The molecule has 0 bridgehead atoms. The molecule has 130 valence electrons. The lowest BCUT2D eigenvalue weighted by Crippen LogP contribution is -2.37. The van der Waals surface area contributed by atoms with E-state index >= 15 is 0 Å². The minimum Gasteiger partial charge on any atom is -0.478 e. The third-order valence-corrected chi connectivity index (χ3v) is 4.56. The quantitative estimate of drug-likeness (QED) is 0.567. The standard InChI is InChI=1S/C17H25N5OS/c1-4-14-12-21-16(24-14)7-9-20-17(18-3)22-11-13-6-8-19-15(10-13)23-5-2/h6,8,10,12H,4-5,7,9,11H2,1-3H3,(H2,18,20,22). The average Bonchev–Trinajstić information content (AvgIpc) is 3.06. The van der Waals surface area contributed by atoms with Gasteiger partial charge in [-0.2, -0.15) is 0 Å². The van der Waals surface area contributed by atoms with Crippen LogP contribution < -0.4 is 15.4 Å². The summed E-state index contributed by atoms with van der Waals surface area (Å²) in [5.41, 5.74) is 1.10. The number of nitrogens with one attached hydrogen (secondary N) is 2. The van der Waals surface area contributed by atoms with E-state index in [0.717, 1.165) is 35.9 Å². The van der Waals surface area contributed by atoms with Gasteiger partial charge >= 0.3 is 0 Å². The number of hydrogen-bond donors (Lipinski definition) is 2. The highest BCUT2D eigenvalue weighted by Crippen LogP contribution is 2.13. The molecule has 0 aliphatic carbocycles. The van der Waals surface area contributed by atoms with Crippen LogP contribution in [0, 0.1) is 0 Å². The summed E-state index contributed by atoms with van der Waals surface area (Å²) in [6.07, 6.45) is 5.66. The second-order valence-corrected chi connectivity index (χ2v) is 6.31. The Kier molecular flexibility index (Phi) is 7.48. The van der Waals surface area contributed by atoms with E-state index in [-0.39, 0.29) is 0 Å². The van der Waals surface area contributed by atoms with Gasteiger partial charge in [-0.15, -0.1) is 11.3 Å². The number of aliphatic imine (C=N–C) groups is 1. The Balaban J connectivity index is 1.76. The molecule has 7 heteroatoms. The lowest BCUT2D eigenvalue weighted by atomic mass is 10.2. The van der Waals surface area contributed by atoms with Crippen molar-refractivity contribution in [3.8, 4) is 5.88 Å². The Labute approximate surface area is 147 Å². The fourth-order valence-corrected chi connectivity index (χ4v) is 2.97. The zero-order valence-corrected chi connectivity index (χ0v) is 15.3. The number of hydrogen-bond acceptors (Lipinski definition) is 5. The van der Waals surface area contributed by atoms with Crippen LogP contribution in [0.4, 0.5) is 0 Å². The molecule has 0 aliphatic rings. The lowest BCUT2D eigenvalue weighted by molar-refractivity contribution is 0.326. The van der Waals surface area contributed by atoms with Crippen molar-refractivity contribution in [2.24, 2.45) is 4.99 Å². The molecule has 0 saturated heterocycles. The predicted octanol–water partition coefficient (Wildman–Crippen LogP) is 2.41. The van der Waals surface area contributed by atoms with Crippen LogP contribution in [0.25, 0.3) is 0 Å². The van der Waals surface area contributed by atoms with Gasteiger partial charge in [-0.3, -0.25) is 4.99 Å². The van der Waals surface area contributed by atoms with Gasteiger partial charge in [-0.1, -0.05) is 6.92 Å². The number of aryl methyl sites for hydroxylation is 1. The van der Waals surface area contributed by atoms with E-state index in [4.69, 9.17) is 4.74 Å². The van der Waals surface area contributed by atoms with Gasteiger partial charge in [-0.25, -0.2) is 9.97 Å². The van der Waals surface area contributed by atoms with Gasteiger partial charge < -0.3 is 15.4 Å². The molecule has 2 N–H and O–H groups in total. The summed E-state index contributed by atoms with van der Waals surface area (Å²) in [6.45, 7) is 6.18. The van der Waals surface area contributed by atoms with Gasteiger partial charge in [-0.05, 0) is 25.0 Å². The molecular formula is C17H25N5OS. The van der Waals surface area contributed by atoms with Crippen LogP contribution in [0.1, 0.15) is 29.3 Å². The van der Waals surface area contributed by atoms with E-state index in [0.29, 0.717) is 19.0 Å². The Hall–Kier alpha value is -2.15. The number of aromatic nitrogens is 2. The van der Waals surface area contributed by atoms with Crippen molar-refractivity contribution in [3.05, 3.63) is 40.0 Å². The molecule has 0 aliphatic heterocycles. The van der Waals surface area contributed by atoms with E-state index in [1.807, 2.05) is 25.3 Å². The number of pyridine rings is 1. The Morgan fingerprint density at radius 2 is 2.17 bits per heavy atom. The van der Waals surface area contributed by atoms with E-state index in [2.05, 4.69) is 32.5 Å². The molecule has 2 aromatic heterocycles. The summed E-state index contributed by atoms with van der Waals surface area (Å²) < 4.78 is 5.41. The molecule has 0 atom stereocenters. The molecule has 0 spiro atoms. The largest absolute Gasteiger partial charge is 0.478 e. The number of ether oxygens (including phenoxy) is 1. The molecule has 24 heavy (non-hydrogen) atoms. The molecular weight excluding hydrogens is 322 g/mol. The van der Waals surface area contributed by atoms with Crippen LogP contribution in [0.3, 0.4) is 0 Å². The normalized spacial score (nSPS) is 11.4. The van der Waals surface area contributed by atoms with Crippen molar-refractivity contribution < 1.29 is 4.74 Å². The molecule has 0 aromatic carbocycles. The first-order chi connectivity index (χ1) is 11.7. The van der Waals surface area contributed by atoms with Gasteiger partial charge in [0.05, 0.1) is 11.6 Å². The second kappa shape index (κ2) is 9.87. The van der Waals surface area contributed by atoms with Crippen molar-refractivity contribution in [2.75, 3.05) is 20.2 Å². The zero-order valence-electron chi connectivity index (χ0n) is 14.5. The van der Waals surface area contributed by atoms with E-state index in [9.17, 15) is 0 Å². The van der Waals surface area contributed by atoms with Crippen molar-refractivity contribution in [1.82, 2.24) is 20.6 Å². The Morgan fingerprint density at radius 1 is 1.29 bits per heavy atom. The number of rotatable bonds is 8. The van der Waals surface area contributed by atoms with Gasteiger partial charge in [0.2, 0.25) is 5.88 Å². The zero-order chi connectivity index (χ0) is 17.2. The molecule has 6 nitrogen and oxygen atoms in total. The Morgan fingerprint density at radius 3 is 2.88 bits per heavy atom. The number of nitrogens with zero attached hydrogens (tertiary/aromatic N) is 3. The highest BCUT2D eigenvalue weighted by atomic mass is 32.1. The van der Waals surface area contributed by atoms with Gasteiger partial charge in [0.1, 0.15) is 0 Å². The van der Waals surface area contributed by atoms with Gasteiger partial charge in [0, 0.05) is 49.9 Å². The molecule has 2 aromatic rings. The molecule has 0 unspecified atom stereocenters. The van der Waals surface area contributed by atoms with Crippen LogP contribution in [0.5, 0.6) is 5.88 Å². The fraction of sp³-hybridized carbons (Fsp3) is 0.471. The first kappa shape index (κ1) is 18.2. The van der Waals surface area contributed by atoms with Crippen LogP contribution in [0.15, 0.2) is 29.5 Å². The topological polar surface area (TPSA) is 71.4 Å². The first-order valence-corrected chi connectivity index (χ1v) is 9.02. The molecule has 2 rings (SSSR count). The smallest absolute Gasteiger partial charge is 0.213 e. The summed E-state index contributed by atoms with van der Waals surface area (Å²) in [4.78, 5) is 14.2. The molecule has 0 fully saturated rings. The average molecular weight is 347 g/mol. The van der Waals surface area contributed by atoms with Crippen LogP contribution in [-0.4, -0.2) is 36.1 Å². The maximum atomic E-state index is 5.41. The molecule has 0 amide bonds. The SMILES string of the molecule is CCOc1cc(CNC(=NC)NCCc2ncc(CC)s2)ccn1. The molecule has 0 saturated carbocycles. The van der Waals surface area contributed by atoms with E-state index in [1.165, 1.54) is 4.88 Å². The highest BCUT2D eigenvalue weighted by molar-refractivity contribution is 7.11.